The maximum Gasteiger partial charge on any atom is 0.407 e. The van der Waals surface area contributed by atoms with Crippen molar-refractivity contribution < 1.29 is 41.5 Å². The number of halogens is 1. The zero-order valence-corrected chi connectivity index (χ0v) is 27.3. The summed E-state index contributed by atoms with van der Waals surface area (Å²) in [6.07, 6.45) is 2.37. The van der Waals surface area contributed by atoms with E-state index in [1.54, 1.807) is 27.0 Å². The van der Waals surface area contributed by atoms with E-state index in [1.807, 2.05) is 30.3 Å². The molecule has 0 radical (unpaired) electrons. The van der Waals surface area contributed by atoms with Gasteiger partial charge < -0.3 is 25.0 Å². The smallest absolute Gasteiger partial charge is 0.407 e. The molecule has 1 unspecified atom stereocenters. The lowest BCUT2D eigenvalue weighted by Gasteiger charge is -2.35. The molecule has 2 saturated carbocycles. The van der Waals surface area contributed by atoms with Gasteiger partial charge in [-0.2, -0.15) is 0 Å². The second-order valence-electron chi connectivity index (χ2n) is 13.3. The van der Waals surface area contributed by atoms with Crippen molar-refractivity contribution in [3.05, 3.63) is 49.2 Å². The number of alkyl carbamates (subject to hydrolysis) is 1. The molecule has 3 fully saturated rings. The Morgan fingerprint density at radius 3 is 2.55 bits per heavy atom. The van der Waals surface area contributed by atoms with E-state index < -0.39 is 87.4 Å². The lowest BCUT2D eigenvalue weighted by atomic mass is 9.85. The van der Waals surface area contributed by atoms with Crippen LogP contribution in [-0.4, -0.2) is 90.9 Å². The number of benzene rings is 1. The van der Waals surface area contributed by atoms with Gasteiger partial charge in [0, 0.05) is 23.9 Å². The average molecular weight is 674 g/mol. The summed E-state index contributed by atoms with van der Waals surface area (Å²) in [5.41, 5.74) is -2.44. The maximum atomic E-state index is 14.2. The monoisotopic (exact) mass is 673 g/mol. The molecule has 1 saturated heterocycles. The van der Waals surface area contributed by atoms with Crippen LogP contribution in [0.25, 0.3) is 10.8 Å². The van der Waals surface area contributed by atoms with Crippen molar-refractivity contribution in [1.29, 1.82) is 0 Å². The quantitative estimate of drug-likeness (QED) is 0.286. The standard InChI is InChI=1S/C32H40FN5O8S/c1-5-20-17-32(20,29(41)37-47(43,44)22-10-11-22)36-26(39)24-16-21(46-27-23-9-7-6-8-19(23)12-14-34-27)18-38(24)28(40)25(31(2,3)4)35-30(42)45-15-13-33/h5-9,12,14,20-22,24-25H,1,10-11,13,15-18H2,2-4H3,(H,35,42)(H,36,39)(H,37,41)/t20-,21-,24+,25?,32-/m1/s1. The van der Waals surface area contributed by atoms with Gasteiger partial charge in [0.25, 0.3) is 5.91 Å². The maximum absolute atomic E-state index is 14.2. The zero-order valence-electron chi connectivity index (χ0n) is 26.5. The van der Waals surface area contributed by atoms with Gasteiger partial charge in [0.1, 0.15) is 37.0 Å². The number of carbonyl (C=O) groups excluding carboxylic acids is 4. The minimum atomic E-state index is -3.90. The second kappa shape index (κ2) is 13.1. The predicted molar refractivity (Wildman–Crippen MR) is 169 cm³/mol. The molecule has 5 rings (SSSR count). The van der Waals surface area contributed by atoms with E-state index in [2.05, 4.69) is 26.9 Å². The summed E-state index contributed by atoms with van der Waals surface area (Å²) in [7, 11) is -3.90. The van der Waals surface area contributed by atoms with Crippen LogP contribution in [0.4, 0.5) is 9.18 Å². The van der Waals surface area contributed by atoms with Crippen LogP contribution in [0, 0.1) is 11.3 Å². The summed E-state index contributed by atoms with van der Waals surface area (Å²) in [6, 6.07) is 6.89. The normalized spacial score (nSPS) is 24.6. The topological polar surface area (TPSA) is 173 Å². The van der Waals surface area contributed by atoms with Crippen molar-refractivity contribution >= 4 is 44.6 Å². The zero-order chi connectivity index (χ0) is 34.1. The molecule has 15 heteroatoms. The largest absolute Gasteiger partial charge is 0.472 e. The molecule has 254 valence electrons. The number of sulfonamides is 1. The molecule has 0 spiro atoms. The Kier molecular flexibility index (Phi) is 9.49. The van der Waals surface area contributed by atoms with Crippen molar-refractivity contribution in [2.24, 2.45) is 11.3 Å². The summed E-state index contributed by atoms with van der Waals surface area (Å²) in [6.45, 7) is 7.39. The van der Waals surface area contributed by atoms with Crippen LogP contribution < -0.4 is 20.1 Å². The van der Waals surface area contributed by atoms with Gasteiger partial charge in [0.05, 0.1) is 11.8 Å². The van der Waals surface area contributed by atoms with Crippen LogP contribution in [0.15, 0.2) is 49.2 Å². The van der Waals surface area contributed by atoms with Gasteiger partial charge in [-0.25, -0.2) is 22.6 Å². The van der Waals surface area contributed by atoms with E-state index >= 15 is 0 Å². The van der Waals surface area contributed by atoms with Crippen molar-refractivity contribution in [3.8, 4) is 5.88 Å². The number of aromatic nitrogens is 1. The summed E-state index contributed by atoms with van der Waals surface area (Å²) >= 11 is 0. The van der Waals surface area contributed by atoms with Crippen molar-refractivity contribution in [3.63, 3.8) is 0 Å². The molecule has 1 aromatic carbocycles. The van der Waals surface area contributed by atoms with Gasteiger partial charge in [-0.3, -0.25) is 19.1 Å². The second-order valence-corrected chi connectivity index (χ2v) is 15.2. The molecular formula is C32H40FN5O8S. The number of pyridine rings is 1. The molecule has 47 heavy (non-hydrogen) atoms. The molecule has 0 bridgehead atoms. The van der Waals surface area contributed by atoms with Crippen molar-refractivity contribution in [1.82, 2.24) is 25.2 Å². The number of rotatable bonds is 12. The fourth-order valence-electron chi connectivity index (χ4n) is 5.84. The van der Waals surface area contributed by atoms with Crippen molar-refractivity contribution in [2.45, 2.75) is 75.4 Å². The Morgan fingerprint density at radius 1 is 1.19 bits per heavy atom. The number of ether oxygens (including phenoxy) is 2. The van der Waals surface area contributed by atoms with Gasteiger partial charge in [-0.05, 0) is 42.2 Å². The molecule has 2 aliphatic carbocycles. The number of carbonyl (C=O) groups is 4. The van der Waals surface area contributed by atoms with Crippen LogP contribution in [0.1, 0.15) is 46.5 Å². The van der Waals surface area contributed by atoms with Crippen LogP contribution in [0.2, 0.25) is 0 Å². The number of amides is 4. The summed E-state index contributed by atoms with van der Waals surface area (Å²) in [4.78, 5) is 59.7. The molecule has 13 nitrogen and oxygen atoms in total. The molecule has 4 amide bonds. The molecule has 5 atom stereocenters. The first kappa shape index (κ1) is 34.1. The van der Waals surface area contributed by atoms with E-state index in [-0.39, 0.29) is 19.4 Å². The molecule has 2 heterocycles. The highest BCUT2D eigenvalue weighted by Gasteiger charge is 2.62. The van der Waals surface area contributed by atoms with E-state index in [0.717, 1.165) is 10.8 Å². The lowest BCUT2D eigenvalue weighted by Crippen LogP contribution is -2.60. The van der Waals surface area contributed by atoms with Crippen LogP contribution in [0.5, 0.6) is 5.88 Å². The Bertz CT molecular complexity index is 1670. The van der Waals surface area contributed by atoms with Gasteiger partial charge in [-0.1, -0.05) is 45.0 Å². The number of nitrogens with one attached hydrogen (secondary N) is 3. The average Bonchev–Trinajstić information content (AvgIpc) is 3.95. The molecule has 1 aliphatic heterocycles. The van der Waals surface area contributed by atoms with Gasteiger partial charge >= 0.3 is 6.09 Å². The summed E-state index contributed by atoms with van der Waals surface area (Å²) in [5, 5.41) is 6.19. The van der Waals surface area contributed by atoms with Gasteiger partial charge in [0.15, 0.2) is 0 Å². The lowest BCUT2D eigenvalue weighted by molar-refractivity contribution is -0.142. The van der Waals surface area contributed by atoms with E-state index in [0.29, 0.717) is 18.7 Å². The number of hydrogen-bond donors (Lipinski definition) is 3. The number of alkyl halides is 1. The van der Waals surface area contributed by atoms with E-state index in [9.17, 15) is 32.0 Å². The minimum Gasteiger partial charge on any atom is -0.472 e. The first-order chi connectivity index (χ1) is 22.2. The van der Waals surface area contributed by atoms with E-state index in [4.69, 9.17) is 9.47 Å². The number of likely N-dealkylation sites (tertiary alicyclic amines) is 1. The first-order valence-electron chi connectivity index (χ1n) is 15.5. The Balaban J connectivity index is 1.42. The van der Waals surface area contributed by atoms with Gasteiger partial charge in [0.2, 0.25) is 27.7 Å². The third-order valence-corrected chi connectivity index (χ3v) is 10.5. The third-order valence-electron chi connectivity index (χ3n) is 8.70. The fourth-order valence-corrected chi connectivity index (χ4v) is 7.21. The Labute approximate surface area is 272 Å². The van der Waals surface area contributed by atoms with Crippen LogP contribution in [-0.2, 0) is 29.1 Å². The highest BCUT2D eigenvalue weighted by atomic mass is 32.2. The van der Waals surface area contributed by atoms with E-state index in [1.165, 1.54) is 11.0 Å². The van der Waals surface area contributed by atoms with Crippen LogP contribution in [0.3, 0.4) is 0 Å². The molecule has 3 N–H and O–H groups in total. The molecule has 1 aromatic heterocycles. The highest BCUT2D eigenvalue weighted by molar-refractivity contribution is 7.91. The first-order valence-corrected chi connectivity index (χ1v) is 17.1. The van der Waals surface area contributed by atoms with Crippen LogP contribution >= 0.6 is 0 Å². The summed E-state index contributed by atoms with van der Waals surface area (Å²) < 4.78 is 51.0. The SMILES string of the molecule is C=C[C@@H]1C[C@]1(NC(=O)[C@@H]1C[C@@H](Oc2nccc3ccccc23)CN1C(=O)C(NC(=O)OCCF)C(C)(C)C)C(=O)NS(=O)(=O)C1CC1. The number of fused-ring (bicyclic) bond motifs is 1. The number of hydrogen-bond acceptors (Lipinski definition) is 9. The molecule has 3 aliphatic rings. The van der Waals surface area contributed by atoms with Gasteiger partial charge in [-0.15, -0.1) is 6.58 Å². The Hall–Kier alpha value is -4.27. The third kappa shape index (κ3) is 7.34. The number of nitrogens with zero attached hydrogens (tertiary/aromatic N) is 2. The fraction of sp³-hybridized carbons (Fsp3) is 0.531. The minimum absolute atomic E-state index is 0.00244. The summed E-state index contributed by atoms with van der Waals surface area (Å²) in [5.74, 6) is -2.43. The highest BCUT2D eigenvalue weighted by Crippen LogP contribution is 2.45. The predicted octanol–water partition coefficient (Wildman–Crippen LogP) is 2.36. The molecule has 2 aromatic rings. The van der Waals surface area contributed by atoms with Crippen molar-refractivity contribution in [2.75, 3.05) is 19.8 Å². The molecular weight excluding hydrogens is 633 g/mol. The Morgan fingerprint density at radius 2 is 1.91 bits per heavy atom.